The summed E-state index contributed by atoms with van der Waals surface area (Å²) in [6.07, 6.45) is 3.57. The van der Waals surface area contributed by atoms with E-state index in [0.717, 1.165) is 18.5 Å². The molecule has 1 aliphatic rings. The second-order valence-electron chi connectivity index (χ2n) is 5.04. The molecule has 0 aliphatic heterocycles. The Bertz CT molecular complexity index is 436. The first-order valence-corrected chi connectivity index (χ1v) is 6.14. The Hall–Kier alpha value is -1.51. The Morgan fingerprint density at radius 2 is 2.18 bits per heavy atom. The molecule has 2 rings (SSSR count). The van der Waals surface area contributed by atoms with E-state index >= 15 is 0 Å². The highest BCUT2D eigenvalue weighted by atomic mass is 16.3. The molecule has 92 valence electrons. The van der Waals surface area contributed by atoms with Crippen molar-refractivity contribution >= 4 is 5.91 Å². The Morgan fingerprint density at radius 1 is 1.47 bits per heavy atom. The van der Waals surface area contributed by atoms with Gasteiger partial charge in [-0.25, -0.2) is 0 Å². The van der Waals surface area contributed by atoms with E-state index in [9.17, 15) is 9.90 Å². The summed E-state index contributed by atoms with van der Waals surface area (Å²) in [4.78, 5) is 11.9. The highest BCUT2D eigenvalue weighted by Crippen LogP contribution is 2.47. The highest BCUT2D eigenvalue weighted by molar-refractivity contribution is 5.94. The van der Waals surface area contributed by atoms with Gasteiger partial charge in [-0.15, -0.1) is 0 Å². The van der Waals surface area contributed by atoms with Crippen LogP contribution in [0, 0.1) is 12.3 Å². The molecule has 0 aromatic heterocycles. The SMILES string of the molecule is CCC1(CNC(=O)c2ccc(O)c(C)c2)CC1. The fraction of sp³-hybridized carbons (Fsp3) is 0.500. The average Bonchev–Trinajstić information content (AvgIpc) is 3.10. The fourth-order valence-corrected chi connectivity index (χ4v) is 2.00. The maximum atomic E-state index is 11.9. The fourth-order valence-electron chi connectivity index (χ4n) is 2.00. The van der Waals surface area contributed by atoms with E-state index in [0.29, 0.717) is 11.0 Å². The zero-order chi connectivity index (χ0) is 12.5. The van der Waals surface area contributed by atoms with Gasteiger partial charge in [0.05, 0.1) is 0 Å². The average molecular weight is 233 g/mol. The molecular formula is C14H19NO2. The Balaban J connectivity index is 1.97. The number of hydrogen-bond donors (Lipinski definition) is 2. The zero-order valence-electron chi connectivity index (χ0n) is 10.4. The van der Waals surface area contributed by atoms with Crippen molar-refractivity contribution in [3.63, 3.8) is 0 Å². The monoisotopic (exact) mass is 233 g/mol. The molecule has 1 amide bonds. The normalized spacial score (nSPS) is 16.6. The molecule has 0 unspecified atom stereocenters. The number of rotatable bonds is 4. The number of carbonyl (C=O) groups is 1. The van der Waals surface area contributed by atoms with Gasteiger partial charge >= 0.3 is 0 Å². The van der Waals surface area contributed by atoms with E-state index in [1.54, 1.807) is 25.1 Å². The minimum Gasteiger partial charge on any atom is -0.508 e. The van der Waals surface area contributed by atoms with Gasteiger partial charge in [-0.1, -0.05) is 6.92 Å². The molecule has 0 bridgehead atoms. The predicted octanol–water partition coefficient (Wildman–Crippen LogP) is 2.62. The number of phenolic OH excluding ortho intramolecular Hbond substituents is 1. The van der Waals surface area contributed by atoms with Crippen LogP contribution in [-0.2, 0) is 0 Å². The predicted molar refractivity (Wildman–Crippen MR) is 67.1 cm³/mol. The van der Waals surface area contributed by atoms with E-state index in [1.165, 1.54) is 12.8 Å². The quantitative estimate of drug-likeness (QED) is 0.839. The smallest absolute Gasteiger partial charge is 0.251 e. The zero-order valence-corrected chi connectivity index (χ0v) is 10.4. The third-order valence-corrected chi connectivity index (χ3v) is 3.79. The number of hydrogen-bond acceptors (Lipinski definition) is 2. The first-order chi connectivity index (χ1) is 8.06. The molecule has 0 heterocycles. The number of benzene rings is 1. The third-order valence-electron chi connectivity index (χ3n) is 3.79. The maximum Gasteiger partial charge on any atom is 0.251 e. The molecule has 0 saturated heterocycles. The minimum absolute atomic E-state index is 0.0483. The van der Waals surface area contributed by atoms with Crippen LogP contribution in [0.5, 0.6) is 5.75 Å². The molecule has 1 aromatic carbocycles. The minimum atomic E-state index is -0.0483. The lowest BCUT2D eigenvalue weighted by molar-refractivity contribution is 0.0944. The summed E-state index contributed by atoms with van der Waals surface area (Å²) in [6.45, 7) is 4.73. The van der Waals surface area contributed by atoms with Crippen molar-refractivity contribution < 1.29 is 9.90 Å². The number of carbonyl (C=O) groups excluding carboxylic acids is 1. The molecule has 3 heteroatoms. The standard InChI is InChI=1S/C14H19NO2/c1-3-14(6-7-14)9-15-13(17)11-4-5-12(16)10(2)8-11/h4-5,8,16H,3,6-7,9H2,1-2H3,(H,15,17). The molecule has 0 radical (unpaired) electrons. The van der Waals surface area contributed by atoms with Crippen molar-refractivity contribution in [3.05, 3.63) is 29.3 Å². The van der Waals surface area contributed by atoms with E-state index in [2.05, 4.69) is 12.2 Å². The summed E-state index contributed by atoms with van der Waals surface area (Å²) in [5, 5.41) is 12.4. The van der Waals surface area contributed by atoms with Gasteiger partial charge in [0.2, 0.25) is 0 Å². The molecule has 2 N–H and O–H groups in total. The molecule has 1 fully saturated rings. The van der Waals surface area contributed by atoms with Gasteiger partial charge in [0.25, 0.3) is 5.91 Å². The van der Waals surface area contributed by atoms with Crippen molar-refractivity contribution in [2.45, 2.75) is 33.1 Å². The summed E-state index contributed by atoms with van der Waals surface area (Å²) in [6, 6.07) is 4.94. The summed E-state index contributed by atoms with van der Waals surface area (Å²) in [5.74, 6) is 0.182. The Morgan fingerprint density at radius 3 is 2.71 bits per heavy atom. The largest absolute Gasteiger partial charge is 0.508 e. The Kier molecular flexibility index (Phi) is 3.09. The lowest BCUT2D eigenvalue weighted by Gasteiger charge is -2.13. The van der Waals surface area contributed by atoms with E-state index in [4.69, 9.17) is 0 Å². The molecule has 1 aliphatic carbocycles. The van der Waals surface area contributed by atoms with E-state index < -0.39 is 0 Å². The van der Waals surface area contributed by atoms with Crippen LogP contribution >= 0.6 is 0 Å². The molecule has 1 aromatic rings. The van der Waals surface area contributed by atoms with Gasteiger partial charge in [0.15, 0.2) is 0 Å². The lowest BCUT2D eigenvalue weighted by atomic mass is 10.0. The van der Waals surface area contributed by atoms with E-state index in [1.807, 2.05) is 0 Å². The van der Waals surface area contributed by atoms with Gasteiger partial charge in [-0.2, -0.15) is 0 Å². The second kappa shape index (κ2) is 4.40. The molecular weight excluding hydrogens is 214 g/mol. The van der Waals surface area contributed by atoms with Crippen LogP contribution in [0.1, 0.15) is 42.1 Å². The van der Waals surface area contributed by atoms with Gasteiger partial charge in [0, 0.05) is 12.1 Å². The molecule has 3 nitrogen and oxygen atoms in total. The van der Waals surface area contributed by atoms with Crippen LogP contribution < -0.4 is 5.32 Å². The van der Waals surface area contributed by atoms with Crippen LogP contribution in [0.2, 0.25) is 0 Å². The first-order valence-electron chi connectivity index (χ1n) is 6.14. The van der Waals surface area contributed by atoms with Gasteiger partial charge in [0.1, 0.15) is 5.75 Å². The van der Waals surface area contributed by atoms with Crippen LogP contribution in [0.25, 0.3) is 0 Å². The number of amides is 1. The molecule has 0 atom stereocenters. The van der Waals surface area contributed by atoms with E-state index in [-0.39, 0.29) is 11.7 Å². The first kappa shape index (κ1) is 12.0. The van der Waals surface area contributed by atoms with Gasteiger partial charge < -0.3 is 10.4 Å². The Labute approximate surface area is 102 Å². The van der Waals surface area contributed by atoms with Crippen molar-refractivity contribution in [2.75, 3.05) is 6.54 Å². The van der Waals surface area contributed by atoms with Crippen LogP contribution in [0.4, 0.5) is 0 Å². The summed E-state index contributed by atoms with van der Waals surface area (Å²) >= 11 is 0. The van der Waals surface area contributed by atoms with Crippen molar-refractivity contribution in [1.29, 1.82) is 0 Å². The number of aromatic hydroxyl groups is 1. The lowest BCUT2D eigenvalue weighted by Crippen LogP contribution is -2.29. The molecule has 1 saturated carbocycles. The summed E-state index contributed by atoms with van der Waals surface area (Å²) in [7, 11) is 0. The third kappa shape index (κ3) is 2.60. The summed E-state index contributed by atoms with van der Waals surface area (Å²) < 4.78 is 0. The topological polar surface area (TPSA) is 49.3 Å². The number of nitrogens with one attached hydrogen (secondary N) is 1. The highest BCUT2D eigenvalue weighted by Gasteiger charge is 2.40. The van der Waals surface area contributed by atoms with Crippen LogP contribution in [0.3, 0.4) is 0 Å². The van der Waals surface area contributed by atoms with Crippen LogP contribution in [-0.4, -0.2) is 17.6 Å². The molecule has 0 spiro atoms. The number of aryl methyl sites for hydroxylation is 1. The molecule has 17 heavy (non-hydrogen) atoms. The van der Waals surface area contributed by atoms with Crippen molar-refractivity contribution in [2.24, 2.45) is 5.41 Å². The summed E-state index contributed by atoms with van der Waals surface area (Å²) in [5.41, 5.74) is 1.71. The van der Waals surface area contributed by atoms with Crippen molar-refractivity contribution in [1.82, 2.24) is 5.32 Å². The maximum absolute atomic E-state index is 11.9. The second-order valence-corrected chi connectivity index (χ2v) is 5.04. The van der Waals surface area contributed by atoms with Crippen molar-refractivity contribution in [3.8, 4) is 5.75 Å². The van der Waals surface area contributed by atoms with Gasteiger partial charge in [-0.3, -0.25) is 4.79 Å². The van der Waals surface area contributed by atoms with Crippen LogP contribution in [0.15, 0.2) is 18.2 Å². The van der Waals surface area contributed by atoms with Gasteiger partial charge in [-0.05, 0) is 55.4 Å². The number of phenols is 1.